The third-order valence-corrected chi connectivity index (χ3v) is 4.35. The quantitative estimate of drug-likeness (QED) is 0.865. The monoisotopic (exact) mass is 245 g/mol. The zero-order chi connectivity index (χ0) is 12.4. The normalized spacial score (nSPS) is 25.9. The lowest BCUT2D eigenvalue weighted by molar-refractivity contribution is 0.219. The molecule has 1 atom stereocenters. The third kappa shape index (κ3) is 2.57. The van der Waals surface area contributed by atoms with Crippen LogP contribution >= 0.6 is 0 Å². The number of rotatable bonds is 2. The molecule has 0 bridgehead atoms. The Morgan fingerprint density at radius 3 is 2.94 bits per heavy atom. The van der Waals surface area contributed by atoms with Crippen LogP contribution in [0.15, 0.2) is 18.3 Å². The van der Waals surface area contributed by atoms with Crippen LogP contribution < -0.4 is 5.32 Å². The van der Waals surface area contributed by atoms with Crippen molar-refractivity contribution < 1.29 is 0 Å². The molecule has 1 fully saturated rings. The molecule has 1 aliphatic carbocycles. The van der Waals surface area contributed by atoms with Gasteiger partial charge >= 0.3 is 0 Å². The first-order valence-corrected chi connectivity index (χ1v) is 7.21. The van der Waals surface area contributed by atoms with Crippen molar-refractivity contribution in [2.45, 2.75) is 44.2 Å². The molecule has 2 aliphatic rings. The summed E-state index contributed by atoms with van der Waals surface area (Å²) < 4.78 is 0. The van der Waals surface area contributed by atoms with Crippen molar-refractivity contribution in [3.63, 3.8) is 0 Å². The minimum atomic E-state index is 0.489. The lowest BCUT2D eigenvalue weighted by Gasteiger charge is -2.34. The van der Waals surface area contributed by atoms with Gasteiger partial charge in [-0.15, -0.1) is 0 Å². The molecule has 0 aromatic carbocycles. The predicted molar refractivity (Wildman–Crippen MR) is 73.6 cm³/mol. The van der Waals surface area contributed by atoms with Crippen molar-refractivity contribution in [2.75, 3.05) is 20.1 Å². The molecular weight excluding hydrogens is 222 g/mol. The molecule has 1 unspecified atom stereocenters. The van der Waals surface area contributed by atoms with Gasteiger partial charge in [-0.2, -0.15) is 0 Å². The van der Waals surface area contributed by atoms with E-state index < -0.39 is 0 Å². The minimum Gasteiger partial charge on any atom is -0.306 e. The van der Waals surface area contributed by atoms with Crippen LogP contribution in [0.2, 0.25) is 0 Å². The van der Waals surface area contributed by atoms with E-state index in [2.05, 4.69) is 34.4 Å². The molecule has 3 heteroatoms. The molecule has 0 radical (unpaired) electrons. The van der Waals surface area contributed by atoms with Crippen LogP contribution in [0.1, 0.15) is 43.0 Å². The molecule has 0 amide bonds. The van der Waals surface area contributed by atoms with E-state index in [0.717, 1.165) is 0 Å². The number of nitrogens with one attached hydrogen (secondary N) is 1. The van der Waals surface area contributed by atoms with Gasteiger partial charge in [0.05, 0.1) is 5.69 Å². The molecule has 1 N–H and O–H groups in total. The number of aromatic nitrogens is 1. The molecule has 2 heterocycles. The summed E-state index contributed by atoms with van der Waals surface area (Å²) in [5, 5.41) is 3.85. The minimum absolute atomic E-state index is 0.489. The van der Waals surface area contributed by atoms with E-state index in [4.69, 9.17) is 0 Å². The molecule has 1 aromatic heterocycles. The van der Waals surface area contributed by atoms with Crippen LogP contribution in [0.4, 0.5) is 0 Å². The van der Waals surface area contributed by atoms with E-state index in [9.17, 15) is 0 Å². The van der Waals surface area contributed by atoms with Crippen molar-refractivity contribution in [1.82, 2.24) is 15.2 Å². The average molecular weight is 245 g/mol. The van der Waals surface area contributed by atoms with Gasteiger partial charge in [-0.05, 0) is 63.9 Å². The van der Waals surface area contributed by atoms with E-state index in [1.165, 1.54) is 56.5 Å². The maximum Gasteiger partial charge on any atom is 0.0605 e. The zero-order valence-corrected chi connectivity index (χ0v) is 11.2. The van der Waals surface area contributed by atoms with Gasteiger partial charge in [-0.3, -0.25) is 4.98 Å². The van der Waals surface area contributed by atoms with Gasteiger partial charge in [0.25, 0.3) is 0 Å². The van der Waals surface area contributed by atoms with Crippen LogP contribution in [-0.4, -0.2) is 36.1 Å². The standard InChI is InChI=1S/C15H23N3/c1-18-10-7-13(8-11-18)17-14-6-2-4-12-5-3-9-16-15(12)14/h3,5,9,13-14,17H,2,4,6-8,10-11H2,1H3. The second kappa shape index (κ2) is 5.37. The highest BCUT2D eigenvalue weighted by atomic mass is 15.1. The first kappa shape index (κ1) is 12.1. The smallest absolute Gasteiger partial charge is 0.0605 e. The Hall–Kier alpha value is -0.930. The van der Waals surface area contributed by atoms with Crippen LogP contribution in [-0.2, 0) is 6.42 Å². The summed E-state index contributed by atoms with van der Waals surface area (Å²) in [5.74, 6) is 0. The van der Waals surface area contributed by atoms with Crippen LogP contribution in [0.3, 0.4) is 0 Å². The van der Waals surface area contributed by atoms with Crippen LogP contribution in [0, 0.1) is 0 Å². The Bertz CT molecular complexity index is 396. The zero-order valence-electron chi connectivity index (χ0n) is 11.2. The van der Waals surface area contributed by atoms with E-state index in [1.54, 1.807) is 0 Å². The Labute approximate surface area is 110 Å². The molecule has 98 valence electrons. The Kier molecular flexibility index (Phi) is 3.62. The van der Waals surface area contributed by atoms with Gasteiger partial charge in [-0.25, -0.2) is 0 Å². The first-order chi connectivity index (χ1) is 8.83. The number of aryl methyl sites for hydroxylation is 1. The average Bonchev–Trinajstić information content (AvgIpc) is 2.42. The van der Waals surface area contributed by atoms with E-state index in [0.29, 0.717) is 12.1 Å². The number of nitrogens with zero attached hydrogens (tertiary/aromatic N) is 2. The molecule has 3 nitrogen and oxygen atoms in total. The molecular formula is C15H23N3. The van der Waals surface area contributed by atoms with E-state index in [-0.39, 0.29) is 0 Å². The van der Waals surface area contributed by atoms with Crippen molar-refractivity contribution in [2.24, 2.45) is 0 Å². The summed E-state index contributed by atoms with van der Waals surface area (Å²) in [7, 11) is 2.22. The number of hydrogen-bond acceptors (Lipinski definition) is 3. The number of fused-ring (bicyclic) bond motifs is 1. The maximum absolute atomic E-state index is 4.61. The molecule has 1 aliphatic heterocycles. The largest absolute Gasteiger partial charge is 0.306 e. The maximum atomic E-state index is 4.61. The summed E-state index contributed by atoms with van der Waals surface area (Å²) in [6, 6.07) is 5.48. The topological polar surface area (TPSA) is 28.2 Å². The fraction of sp³-hybridized carbons (Fsp3) is 0.667. The first-order valence-electron chi connectivity index (χ1n) is 7.21. The van der Waals surface area contributed by atoms with E-state index >= 15 is 0 Å². The highest BCUT2D eigenvalue weighted by molar-refractivity contribution is 5.25. The SMILES string of the molecule is CN1CCC(NC2CCCc3cccnc32)CC1. The Morgan fingerprint density at radius 2 is 2.11 bits per heavy atom. The molecule has 1 saturated heterocycles. The van der Waals surface area contributed by atoms with Crippen molar-refractivity contribution in [3.05, 3.63) is 29.6 Å². The summed E-state index contributed by atoms with van der Waals surface area (Å²) >= 11 is 0. The summed E-state index contributed by atoms with van der Waals surface area (Å²) in [6.45, 7) is 2.44. The van der Waals surface area contributed by atoms with Gasteiger partial charge in [-0.1, -0.05) is 6.07 Å². The fourth-order valence-electron chi connectivity index (χ4n) is 3.23. The third-order valence-electron chi connectivity index (χ3n) is 4.35. The van der Waals surface area contributed by atoms with Gasteiger partial charge in [0.15, 0.2) is 0 Å². The molecule has 18 heavy (non-hydrogen) atoms. The second-order valence-electron chi connectivity index (χ2n) is 5.74. The summed E-state index contributed by atoms with van der Waals surface area (Å²) in [6.07, 6.45) is 8.23. The summed E-state index contributed by atoms with van der Waals surface area (Å²) in [5.41, 5.74) is 2.76. The lowest BCUT2D eigenvalue weighted by Crippen LogP contribution is -2.43. The molecule has 0 spiro atoms. The number of likely N-dealkylation sites (tertiary alicyclic amines) is 1. The summed E-state index contributed by atoms with van der Waals surface area (Å²) in [4.78, 5) is 7.03. The number of pyridine rings is 1. The highest BCUT2D eigenvalue weighted by Gasteiger charge is 2.25. The molecule has 0 saturated carbocycles. The van der Waals surface area contributed by atoms with Crippen molar-refractivity contribution in [1.29, 1.82) is 0 Å². The van der Waals surface area contributed by atoms with Gasteiger partial charge < -0.3 is 10.2 Å². The number of hydrogen-bond donors (Lipinski definition) is 1. The fourth-order valence-corrected chi connectivity index (χ4v) is 3.23. The van der Waals surface area contributed by atoms with Gasteiger partial charge in [0.1, 0.15) is 0 Å². The highest BCUT2D eigenvalue weighted by Crippen LogP contribution is 2.28. The van der Waals surface area contributed by atoms with E-state index in [1.807, 2.05) is 6.20 Å². The molecule has 1 aromatic rings. The Balaban J connectivity index is 1.67. The van der Waals surface area contributed by atoms with Crippen molar-refractivity contribution >= 4 is 0 Å². The predicted octanol–water partition coefficient (Wildman–Crippen LogP) is 2.14. The van der Waals surface area contributed by atoms with Gasteiger partial charge in [0.2, 0.25) is 0 Å². The lowest BCUT2D eigenvalue weighted by atomic mass is 9.90. The van der Waals surface area contributed by atoms with Gasteiger partial charge in [0, 0.05) is 18.3 Å². The number of piperidine rings is 1. The second-order valence-corrected chi connectivity index (χ2v) is 5.74. The molecule has 3 rings (SSSR count). The van der Waals surface area contributed by atoms with Crippen LogP contribution in [0.5, 0.6) is 0 Å². The van der Waals surface area contributed by atoms with Crippen LogP contribution in [0.25, 0.3) is 0 Å². The Morgan fingerprint density at radius 1 is 1.28 bits per heavy atom. The van der Waals surface area contributed by atoms with Crippen molar-refractivity contribution in [3.8, 4) is 0 Å².